The van der Waals surface area contributed by atoms with E-state index >= 15 is 0 Å². The third kappa shape index (κ3) is 4.38. The van der Waals surface area contributed by atoms with Gasteiger partial charge < -0.3 is 24.8 Å². The van der Waals surface area contributed by atoms with E-state index in [9.17, 15) is 9.90 Å². The van der Waals surface area contributed by atoms with Crippen LogP contribution in [0.25, 0.3) is 10.8 Å². The zero-order chi connectivity index (χ0) is 23.9. The van der Waals surface area contributed by atoms with E-state index in [4.69, 9.17) is 21.1 Å². The van der Waals surface area contributed by atoms with Crippen molar-refractivity contribution in [2.24, 2.45) is 11.8 Å². The van der Waals surface area contributed by atoms with Crippen molar-refractivity contribution >= 4 is 39.8 Å². The normalized spacial score (nSPS) is 29.9. The minimum absolute atomic E-state index is 0.0111. The summed E-state index contributed by atoms with van der Waals surface area (Å²) in [5.41, 5.74) is 0.644. The van der Waals surface area contributed by atoms with Gasteiger partial charge in [0.05, 0.1) is 35.6 Å². The minimum atomic E-state index is -0.464. The lowest BCUT2D eigenvalue weighted by molar-refractivity contribution is -0.126. The lowest BCUT2D eigenvalue weighted by atomic mass is 9.73. The van der Waals surface area contributed by atoms with Gasteiger partial charge in [-0.15, -0.1) is 0 Å². The summed E-state index contributed by atoms with van der Waals surface area (Å²) in [5, 5.41) is 16.0. The maximum absolute atomic E-state index is 12.7. The van der Waals surface area contributed by atoms with Crippen LogP contribution < -0.4 is 10.2 Å². The van der Waals surface area contributed by atoms with E-state index in [-0.39, 0.29) is 23.3 Å². The molecule has 2 aliphatic heterocycles. The number of aliphatic hydroxyl groups excluding tert-OH is 1. The highest BCUT2D eigenvalue weighted by molar-refractivity contribution is 6.34. The fraction of sp³-hybridized carbons (Fsp3) is 0.600. The molecular formula is C25H33ClN4O4. The van der Waals surface area contributed by atoms with E-state index in [1.165, 1.54) is 0 Å². The number of benzene rings is 1. The number of anilines is 2. The minimum Gasteiger partial charge on any atom is -0.389 e. The van der Waals surface area contributed by atoms with Crippen molar-refractivity contribution in [3.8, 4) is 0 Å². The van der Waals surface area contributed by atoms with Crippen LogP contribution in [0.1, 0.15) is 19.8 Å². The van der Waals surface area contributed by atoms with Crippen LogP contribution in [0, 0.1) is 11.8 Å². The quantitative estimate of drug-likeness (QED) is 0.646. The monoisotopic (exact) mass is 488 g/mol. The molecule has 3 heterocycles. The molecule has 1 saturated carbocycles. The first-order chi connectivity index (χ1) is 16.4. The van der Waals surface area contributed by atoms with Crippen molar-refractivity contribution in [1.82, 2.24) is 9.88 Å². The van der Waals surface area contributed by atoms with Crippen molar-refractivity contribution in [3.63, 3.8) is 0 Å². The summed E-state index contributed by atoms with van der Waals surface area (Å²) in [6.45, 7) is 6.92. The zero-order valence-corrected chi connectivity index (χ0v) is 20.6. The Morgan fingerprint density at radius 3 is 2.71 bits per heavy atom. The Balaban J connectivity index is 1.29. The van der Waals surface area contributed by atoms with Gasteiger partial charge in [-0.2, -0.15) is 0 Å². The Bertz CT molecular complexity index is 1060. The van der Waals surface area contributed by atoms with Gasteiger partial charge >= 0.3 is 0 Å². The van der Waals surface area contributed by atoms with E-state index in [1.807, 2.05) is 12.1 Å². The van der Waals surface area contributed by atoms with Crippen LogP contribution in [0.5, 0.6) is 0 Å². The second kappa shape index (κ2) is 9.59. The lowest BCUT2D eigenvalue weighted by Gasteiger charge is -2.45. The molecule has 2 N–H and O–H groups in total. The molecule has 0 spiro atoms. The van der Waals surface area contributed by atoms with E-state index in [2.05, 4.69) is 33.1 Å². The first kappa shape index (κ1) is 23.8. The zero-order valence-electron chi connectivity index (χ0n) is 19.8. The van der Waals surface area contributed by atoms with Crippen molar-refractivity contribution < 1.29 is 19.4 Å². The standard InChI is InChI=1S/C25H33ClN4O4/c1-25(15-34-14-22(25)31)30-7-5-29(6-8-30)21-10-17-11-23(27-12-18(17)9-20(21)26)28-24(32)19-4-3-16(19)13-33-2/h9-12,16,19,22,31H,3-8,13-15H2,1-2H3,(H,27,28,32)/t16-,19+,22-,25+/m0/s1. The second-order valence-corrected chi connectivity index (χ2v) is 10.4. The van der Waals surface area contributed by atoms with Gasteiger partial charge in [-0.1, -0.05) is 11.6 Å². The lowest BCUT2D eigenvalue weighted by Crippen LogP contribution is -2.60. The molecule has 9 heteroatoms. The number of rotatable bonds is 6. The third-order valence-corrected chi connectivity index (χ3v) is 8.21. The molecule has 8 nitrogen and oxygen atoms in total. The van der Waals surface area contributed by atoms with Gasteiger partial charge in [-0.25, -0.2) is 4.98 Å². The number of carbonyl (C=O) groups is 1. The van der Waals surface area contributed by atoms with Crippen LogP contribution in [0.4, 0.5) is 11.5 Å². The molecule has 2 aromatic rings. The number of fused-ring (bicyclic) bond motifs is 1. The van der Waals surface area contributed by atoms with Gasteiger partial charge in [0.1, 0.15) is 5.82 Å². The molecule has 1 aromatic heterocycles. The highest BCUT2D eigenvalue weighted by Gasteiger charge is 2.44. The highest BCUT2D eigenvalue weighted by atomic mass is 35.5. The Hall–Kier alpha value is -1.97. The number of halogens is 1. The summed E-state index contributed by atoms with van der Waals surface area (Å²) < 4.78 is 10.7. The molecule has 1 aliphatic carbocycles. The molecule has 184 valence electrons. The average molecular weight is 489 g/mol. The molecule has 0 radical (unpaired) electrons. The fourth-order valence-corrected chi connectivity index (χ4v) is 5.72. The number of pyridine rings is 1. The van der Waals surface area contributed by atoms with E-state index < -0.39 is 6.10 Å². The van der Waals surface area contributed by atoms with Crippen molar-refractivity contribution in [2.75, 3.05) is 63.3 Å². The SMILES string of the molecule is COC[C@@H]1CC[C@H]1C(=O)Nc1cc2cc(N3CCN([C@]4(C)COC[C@@H]4O)CC3)c(Cl)cc2cn1. The number of aliphatic hydroxyl groups is 1. The number of carbonyl (C=O) groups excluding carboxylic acids is 1. The first-order valence-electron chi connectivity index (χ1n) is 12.0. The molecule has 1 aromatic carbocycles. The summed E-state index contributed by atoms with van der Waals surface area (Å²) >= 11 is 6.66. The van der Waals surface area contributed by atoms with Crippen LogP contribution >= 0.6 is 11.6 Å². The maximum Gasteiger partial charge on any atom is 0.229 e. The largest absolute Gasteiger partial charge is 0.389 e. The number of nitrogens with zero attached hydrogens (tertiary/aromatic N) is 3. The third-order valence-electron chi connectivity index (χ3n) is 7.90. The number of hydrogen-bond donors (Lipinski definition) is 2. The first-order valence-corrected chi connectivity index (χ1v) is 12.4. The molecule has 0 bridgehead atoms. The van der Waals surface area contributed by atoms with Crippen LogP contribution in [-0.4, -0.2) is 85.6 Å². The Labute approximate surface area is 205 Å². The van der Waals surface area contributed by atoms with Gasteiger partial charge in [0.15, 0.2) is 0 Å². The number of hydrogen-bond acceptors (Lipinski definition) is 7. The summed E-state index contributed by atoms with van der Waals surface area (Å²) in [6.07, 6.45) is 3.21. The van der Waals surface area contributed by atoms with Gasteiger partial charge in [-0.05, 0) is 49.3 Å². The topological polar surface area (TPSA) is 87.2 Å². The van der Waals surface area contributed by atoms with Gasteiger partial charge in [-0.3, -0.25) is 9.69 Å². The number of nitrogens with one attached hydrogen (secondary N) is 1. The smallest absolute Gasteiger partial charge is 0.229 e. The molecule has 2 saturated heterocycles. The number of aromatic nitrogens is 1. The summed E-state index contributed by atoms with van der Waals surface area (Å²) in [7, 11) is 1.67. The van der Waals surface area contributed by atoms with Crippen LogP contribution in [0.15, 0.2) is 24.4 Å². The molecule has 3 fully saturated rings. The summed E-state index contributed by atoms with van der Waals surface area (Å²) in [4.78, 5) is 21.7. The second-order valence-electron chi connectivity index (χ2n) is 9.97. The van der Waals surface area contributed by atoms with Crippen molar-refractivity contribution in [2.45, 2.75) is 31.4 Å². The molecule has 4 atom stereocenters. The van der Waals surface area contributed by atoms with Gasteiger partial charge in [0.25, 0.3) is 0 Å². The predicted octanol–water partition coefficient (Wildman–Crippen LogP) is 2.77. The molecule has 3 aliphatic rings. The summed E-state index contributed by atoms with van der Waals surface area (Å²) in [6, 6.07) is 5.94. The Kier molecular flexibility index (Phi) is 6.70. The van der Waals surface area contributed by atoms with E-state index in [1.54, 1.807) is 13.3 Å². The number of piperazine rings is 1. The Morgan fingerprint density at radius 1 is 1.26 bits per heavy atom. The van der Waals surface area contributed by atoms with E-state index in [0.29, 0.717) is 30.7 Å². The molecule has 5 rings (SSSR count). The van der Waals surface area contributed by atoms with E-state index in [0.717, 1.165) is 55.5 Å². The number of methoxy groups -OCH3 is 1. The van der Waals surface area contributed by atoms with Gasteiger partial charge in [0, 0.05) is 57.4 Å². The molecule has 0 unspecified atom stereocenters. The fourth-order valence-electron chi connectivity index (χ4n) is 5.42. The Morgan fingerprint density at radius 2 is 2.06 bits per heavy atom. The molecular weight excluding hydrogens is 456 g/mol. The van der Waals surface area contributed by atoms with Crippen LogP contribution in [0.2, 0.25) is 5.02 Å². The van der Waals surface area contributed by atoms with Crippen LogP contribution in [-0.2, 0) is 14.3 Å². The van der Waals surface area contributed by atoms with Crippen molar-refractivity contribution in [3.05, 3.63) is 29.4 Å². The van der Waals surface area contributed by atoms with Gasteiger partial charge in [0.2, 0.25) is 5.91 Å². The van der Waals surface area contributed by atoms with Crippen molar-refractivity contribution in [1.29, 1.82) is 0 Å². The summed E-state index contributed by atoms with van der Waals surface area (Å²) in [5.74, 6) is 0.840. The highest BCUT2D eigenvalue weighted by Crippen LogP contribution is 2.36. The van der Waals surface area contributed by atoms with Crippen LogP contribution in [0.3, 0.4) is 0 Å². The maximum atomic E-state index is 12.7. The molecule has 1 amide bonds. The molecule has 34 heavy (non-hydrogen) atoms. The average Bonchev–Trinajstić information content (AvgIpc) is 3.15. The number of ether oxygens (including phenoxy) is 2. The predicted molar refractivity (Wildman–Crippen MR) is 132 cm³/mol. The number of amides is 1.